The fourth-order valence-corrected chi connectivity index (χ4v) is 6.46. The Morgan fingerprint density at radius 2 is 1.71 bits per heavy atom. The summed E-state index contributed by atoms with van der Waals surface area (Å²) in [5.41, 5.74) is 0.988. The van der Waals surface area contributed by atoms with Gasteiger partial charge in [-0.05, 0) is 30.6 Å². The molecule has 1 aromatic heterocycles. The second-order valence-electron chi connectivity index (χ2n) is 5.35. The Morgan fingerprint density at radius 1 is 1.05 bits per heavy atom. The third-order valence-corrected chi connectivity index (χ3v) is 9.11. The zero-order valence-corrected chi connectivity index (χ0v) is 13.5. The second kappa shape index (κ2) is 10.6. The highest BCUT2D eigenvalue weighted by Gasteiger charge is 2.30. The van der Waals surface area contributed by atoms with E-state index in [4.69, 9.17) is 0 Å². The van der Waals surface area contributed by atoms with E-state index in [9.17, 15) is 15.3 Å². The van der Waals surface area contributed by atoms with Crippen LogP contribution in [0.4, 0.5) is 0 Å². The Balaban J connectivity index is 2.43. The highest BCUT2D eigenvalue weighted by Crippen LogP contribution is 2.26. The van der Waals surface area contributed by atoms with Crippen molar-refractivity contribution in [3.63, 3.8) is 0 Å². The molecule has 0 radical (unpaired) electrons. The van der Waals surface area contributed by atoms with Gasteiger partial charge in [0.1, 0.15) is 0 Å². The number of nitrogens with zero attached hydrogens (tertiary/aromatic N) is 2. The van der Waals surface area contributed by atoms with E-state index >= 15 is 0 Å². The number of aliphatic hydroxyl groups excluding tert-OH is 3. The minimum atomic E-state index is -1.76. The van der Waals surface area contributed by atoms with Gasteiger partial charge in [0, 0.05) is 50.5 Å². The second-order valence-corrected chi connectivity index (χ2v) is 10.3. The first-order valence-electron chi connectivity index (χ1n) is 7.49. The van der Waals surface area contributed by atoms with Gasteiger partial charge >= 0.3 is 0 Å². The molecule has 0 atom stereocenters. The van der Waals surface area contributed by atoms with Gasteiger partial charge in [0.25, 0.3) is 0 Å². The quantitative estimate of drug-likeness (QED) is 0.327. The Kier molecular flexibility index (Phi) is 9.08. The van der Waals surface area contributed by atoms with Crippen LogP contribution in [0, 0.1) is 0 Å². The van der Waals surface area contributed by atoms with Gasteiger partial charge in [-0.15, -0.1) is 0 Å². The predicted octanol–water partition coefficient (Wildman–Crippen LogP) is 1.32. The maximum atomic E-state index is 9.24. The first-order chi connectivity index (χ1) is 10.3. The highest BCUT2D eigenvalue weighted by molar-refractivity contribution is 6.80. The average Bonchev–Trinajstić information content (AvgIpc) is 2.49. The lowest BCUT2D eigenvalue weighted by Gasteiger charge is -2.30. The Hall–Kier alpha value is -1.08. The zero-order chi connectivity index (χ0) is 15.4. The molecule has 0 saturated heterocycles. The summed E-state index contributed by atoms with van der Waals surface area (Å²) in [5.74, 6) is 0. The Labute approximate surface area is 127 Å². The van der Waals surface area contributed by atoms with Crippen LogP contribution in [0.2, 0.25) is 24.2 Å². The fourth-order valence-electron chi connectivity index (χ4n) is 2.63. The molecule has 0 aromatic carbocycles. The van der Waals surface area contributed by atoms with Crippen LogP contribution in [0.5, 0.6) is 0 Å². The Bertz CT molecular complexity index is 384. The van der Waals surface area contributed by atoms with Crippen molar-refractivity contribution in [3.8, 4) is 0 Å². The summed E-state index contributed by atoms with van der Waals surface area (Å²) >= 11 is 0. The largest absolute Gasteiger partial charge is 0.397 e. The predicted molar refractivity (Wildman–Crippen MR) is 87.6 cm³/mol. The van der Waals surface area contributed by atoms with Gasteiger partial charge in [-0.2, -0.15) is 0 Å². The van der Waals surface area contributed by atoms with E-state index in [2.05, 4.69) is 9.98 Å². The van der Waals surface area contributed by atoms with Gasteiger partial charge in [-0.3, -0.25) is 9.98 Å². The molecular weight excluding hydrogens is 284 g/mol. The van der Waals surface area contributed by atoms with Crippen molar-refractivity contribution in [2.24, 2.45) is 4.99 Å². The monoisotopic (exact) mass is 310 g/mol. The lowest BCUT2D eigenvalue weighted by molar-refractivity contribution is 0.298. The molecule has 5 nitrogen and oxygen atoms in total. The van der Waals surface area contributed by atoms with Crippen molar-refractivity contribution in [3.05, 3.63) is 30.1 Å². The number of aliphatic hydroxyl groups is 3. The van der Waals surface area contributed by atoms with Crippen LogP contribution in [0.3, 0.4) is 0 Å². The lowest BCUT2D eigenvalue weighted by atomic mass is 10.3. The number of aromatic nitrogens is 1. The van der Waals surface area contributed by atoms with E-state index < -0.39 is 8.07 Å². The molecule has 0 aliphatic rings. The van der Waals surface area contributed by atoms with Crippen molar-refractivity contribution in [2.75, 3.05) is 26.4 Å². The van der Waals surface area contributed by atoms with Gasteiger partial charge in [-0.25, -0.2) is 0 Å². The number of aliphatic imine (C=N–C) groups is 1. The maximum absolute atomic E-state index is 9.24. The van der Waals surface area contributed by atoms with Crippen molar-refractivity contribution >= 4 is 14.3 Å². The molecule has 0 aliphatic heterocycles. The third-order valence-electron chi connectivity index (χ3n) is 3.85. The van der Waals surface area contributed by atoms with Gasteiger partial charge < -0.3 is 15.3 Å². The molecule has 3 N–H and O–H groups in total. The summed E-state index contributed by atoms with van der Waals surface area (Å²) in [6, 6.07) is 7.07. The van der Waals surface area contributed by atoms with Crippen LogP contribution in [0.1, 0.15) is 12.0 Å². The van der Waals surface area contributed by atoms with Crippen molar-refractivity contribution in [1.82, 2.24) is 4.98 Å². The Morgan fingerprint density at radius 3 is 2.24 bits per heavy atom. The molecule has 0 bridgehead atoms. The first kappa shape index (κ1) is 18.0. The molecule has 0 amide bonds. The standard InChI is InChI=1S/C15H26N2O3Si/c18-6-10-21(11-7-19,12-8-20)9-2-5-17-14-15-3-1-4-16-13-15/h1,3-4,13-14,18-20H,2,5-12H2. The molecule has 21 heavy (non-hydrogen) atoms. The summed E-state index contributed by atoms with van der Waals surface area (Å²) in [5, 5.41) is 27.7. The molecular formula is C15H26N2O3Si. The first-order valence-corrected chi connectivity index (χ1v) is 10.3. The van der Waals surface area contributed by atoms with E-state index in [0.717, 1.165) is 42.7 Å². The van der Waals surface area contributed by atoms with Crippen molar-refractivity contribution < 1.29 is 15.3 Å². The minimum absolute atomic E-state index is 0.144. The summed E-state index contributed by atoms with van der Waals surface area (Å²) in [7, 11) is -1.76. The van der Waals surface area contributed by atoms with E-state index in [1.165, 1.54) is 0 Å². The van der Waals surface area contributed by atoms with Crippen LogP contribution in [-0.2, 0) is 0 Å². The molecule has 1 rings (SSSR count). The normalized spacial score (nSPS) is 12.1. The van der Waals surface area contributed by atoms with Crippen LogP contribution in [-0.4, -0.2) is 61.0 Å². The fraction of sp³-hybridized carbons (Fsp3) is 0.600. The number of hydrogen-bond acceptors (Lipinski definition) is 5. The minimum Gasteiger partial charge on any atom is -0.397 e. The van der Waals surface area contributed by atoms with Crippen LogP contribution in [0.25, 0.3) is 0 Å². The summed E-state index contributed by atoms with van der Waals surface area (Å²) in [6.07, 6.45) is 6.26. The van der Waals surface area contributed by atoms with Crippen LogP contribution in [0.15, 0.2) is 29.5 Å². The van der Waals surface area contributed by atoms with Crippen molar-refractivity contribution in [1.29, 1.82) is 0 Å². The molecule has 0 saturated carbocycles. The summed E-state index contributed by atoms with van der Waals surface area (Å²) in [6.45, 7) is 1.16. The molecule has 1 heterocycles. The van der Waals surface area contributed by atoms with Crippen molar-refractivity contribution in [2.45, 2.75) is 30.6 Å². The molecule has 0 aliphatic carbocycles. The van der Waals surface area contributed by atoms with Crippen LogP contribution < -0.4 is 0 Å². The third kappa shape index (κ3) is 6.95. The van der Waals surface area contributed by atoms with E-state index in [1.807, 2.05) is 18.3 Å². The average molecular weight is 310 g/mol. The summed E-state index contributed by atoms with van der Waals surface area (Å²) in [4.78, 5) is 8.42. The molecule has 0 unspecified atom stereocenters. The van der Waals surface area contributed by atoms with Gasteiger partial charge in [0.05, 0.1) is 8.07 Å². The zero-order valence-electron chi connectivity index (χ0n) is 12.5. The SMILES string of the molecule is OCC[Si](CCO)(CCO)CCCN=Cc1cccnc1. The molecule has 0 spiro atoms. The van der Waals surface area contributed by atoms with Crippen LogP contribution >= 0.6 is 0 Å². The van der Waals surface area contributed by atoms with Gasteiger partial charge in [0.15, 0.2) is 0 Å². The summed E-state index contributed by atoms with van der Waals surface area (Å²) < 4.78 is 0. The van der Waals surface area contributed by atoms with E-state index in [-0.39, 0.29) is 19.8 Å². The highest BCUT2D eigenvalue weighted by atomic mass is 28.3. The topological polar surface area (TPSA) is 85.9 Å². The van der Waals surface area contributed by atoms with E-state index in [1.54, 1.807) is 12.4 Å². The van der Waals surface area contributed by atoms with Gasteiger partial charge in [0.2, 0.25) is 0 Å². The molecule has 0 fully saturated rings. The molecule has 118 valence electrons. The molecule has 6 heteroatoms. The number of hydrogen-bond donors (Lipinski definition) is 3. The maximum Gasteiger partial charge on any atom is 0.0604 e. The lowest BCUT2D eigenvalue weighted by Crippen LogP contribution is -2.37. The number of rotatable bonds is 11. The van der Waals surface area contributed by atoms with E-state index in [0.29, 0.717) is 0 Å². The van der Waals surface area contributed by atoms with Gasteiger partial charge in [-0.1, -0.05) is 12.1 Å². The smallest absolute Gasteiger partial charge is 0.0604 e. The molecule has 1 aromatic rings. The number of pyridine rings is 1.